The van der Waals surface area contributed by atoms with Crippen molar-refractivity contribution in [2.75, 3.05) is 37.9 Å². The fourth-order valence-electron chi connectivity index (χ4n) is 11.9. The van der Waals surface area contributed by atoms with Gasteiger partial charge in [0.15, 0.2) is 42.2 Å². The Morgan fingerprint density at radius 3 is 0.814 bits per heavy atom. The highest BCUT2D eigenvalue weighted by atomic mass is 35.5. The van der Waals surface area contributed by atoms with Gasteiger partial charge in [-0.05, 0) is 165 Å². The van der Waals surface area contributed by atoms with Crippen LogP contribution in [-0.4, -0.2) is 246 Å². The summed E-state index contributed by atoms with van der Waals surface area (Å²) >= 11 is 50.0. The number of nitrogens with zero attached hydrogens (tertiary/aromatic N) is 8. The van der Waals surface area contributed by atoms with Gasteiger partial charge < -0.3 is 105 Å². The fourth-order valence-corrected chi connectivity index (χ4v) is 18.7. The van der Waals surface area contributed by atoms with Crippen molar-refractivity contribution < 1.29 is 133 Å². The summed E-state index contributed by atoms with van der Waals surface area (Å²) in [4.78, 5) is 120. The minimum absolute atomic E-state index is 0. The molecule has 816 valence electrons. The smallest absolute Gasteiger partial charge is 0.459 e. The van der Waals surface area contributed by atoms with E-state index in [1.54, 1.807) is 155 Å². The van der Waals surface area contributed by atoms with Crippen molar-refractivity contribution in [1.82, 2.24) is 53.5 Å². The molecule has 11 rings (SSSR count). The lowest BCUT2D eigenvalue weighted by Crippen LogP contribution is -2.40. The highest BCUT2D eigenvalue weighted by Crippen LogP contribution is 2.54. The molecule has 0 spiro atoms. The van der Waals surface area contributed by atoms with Crippen LogP contribution in [0.15, 0.2) is 159 Å². The molecule has 145 heavy (non-hydrogen) atoms. The lowest BCUT2D eigenvalue weighted by Gasteiger charge is -2.25. The third-order valence-electron chi connectivity index (χ3n) is 18.8. The number of benzene rings is 3. The second-order valence-electron chi connectivity index (χ2n) is 32.4. The van der Waals surface area contributed by atoms with Gasteiger partial charge in [0, 0.05) is 36.2 Å². The molecule has 0 bridgehead atoms. The van der Waals surface area contributed by atoms with Crippen LogP contribution in [0.2, 0.25) is 0 Å². The number of hydrogen-bond donors (Lipinski definition) is 13. The standard InChI is InChI=1S/C22H28Cl2N3O8P.2C21H27Cl2N4O8P.C10H12Cl2N2O4.C6H13NO2.C3H7NO2.3CH4.ClH/c1-13(2)33-19(29)15(4)26-36(31,35-16-8-6-5-7-9-16)32-12-17-18(28)22(23,24)20(34-17)27-11-10-14(3)25-21(27)30;2*1-12(2)33-18(29)13(3)26-36(31,35-14-7-5-4-6-8-14)32-11-15-17(28)21(22,23)19(34-15)27-10-9-16(24)25-20(27)30;1-5-2-3-14(9(17)13-5)8-10(11,12)7(16)6(4-15)18-8;1-4(2)9-6(8)5(3)7;1-2(4)3(5)6;;;;/h5-11,13,15,17-18,20,28H,12H2,1-4H3,(H,26,31);2*4-10,12-13,15,17,19,28H,11H2,1-3H3,(H,26,31)(H2,24,25,30);2-3,6-8,15-16H,4H2,1H3;4-5H,7H2,1-3H3;2H,4H2,1H3,(H,5,6);3*1H4;1H/t15-,17-,18-,20-,36?;2*13-,15-,17-,19-,36?;6-,7-,8-;5-;2-;;;;/m111111..../s1. The summed E-state index contributed by atoms with van der Waals surface area (Å²) in [5, 5.41) is 66.4. The van der Waals surface area contributed by atoms with Gasteiger partial charge in [-0.15, -0.1) is 12.4 Å². The summed E-state index contributed by atoms with van der Waals surface area (Å²) < 4.78 is 113. The molecule has 17 N–H and O–H groups in total. The fraction of sp³-hybridized carbons (Fsp3) is 0.547. The largest absolute Gasteiger partial charge is 0.480 e. The Bertz CT molecular complexity index is 5260. The van der Waals surface area contributed by atoms with Crippen LogP contribution in [0.5, 0.6) is 17.2 Å². The molecule has 20 atom stereocenters. The number of anilines is 2. The molecule has 0 aliphatic carbocycles. The minimum Gasteiger partial charge on any atom is -0.480 e. The number of esters is 4. The molecule has 4 aromatic heterocycles. The quantitative estimate of drug-likeness (QED) is 0.00760. The third kappa shape index (κ3) is 39.2. The van der Waals surface area contributed by atoms with Crippen LogP contribution >= 0.6 is 128 Å². The Balaban J connectivity index is 0.000000628. The number of hydrogen-bond acceptors (Lipinski definition) is 39. The molecule has 4 saturated heterocycles. The number of aliphatic hydroxyl groups is 5. The number of halogens is 9. The maximum absolute atomic E-state index is 13.6. The van der Waals surface area contributed by atoms with Crippen molar-refractivity contribution in [2.24, 2.45) is 11.5 Å². The van der Waals surface area contributed by atoms with Gasteiger partial charge in [0.25, 0.3) is 0 Å². The first-order valence-electron chi connectivity index (χ1n) is 42.7. The summed E-state index contributed by atoms with van der Waals surface area (Å²) in [5.41, 5.74) is 19.2. The highest BCUT2D eigenvalue weighted by Gasteiger charge is 2.60. The van der Waals surface area contributed by atoms with Crippen LogP contribution in [0.3, 0.4) is 0 Å². The van der Waals surface area contributed by atoms with Crippen LogP contribution in [0, 0.1) is 13.8 Å². The molecular formula is C86H127Cl9N15O32P3. The molecule has 47 nitrogen and oxygen atoms in total. The summed E-state index contributed by atoms with van der Waals surface area (Å²) in [6.07, 6.45) is -11.7. The van der Waals surface area contributed by atoms with Crippen molar-refractivity contribution in [1.29, 1.82) is 0 Å². The number of para-hydroxylation sites is 3. The number of aliphatic carboxylic acids is 1. The molecule has 4 aliphatic heterocycles. The molecule has 8 heterocycles. The number of aryl methyl sites for hydroxylation is 2. The Morgan fingerprint density at radius 2 is 0.614 bits per heavy atom. The molecule has 59 heteroatoms. The molecule has 4 aliphatic rings. The first-order valence-corrected chi connectivity index (χ1v) is 50.3. The van der Waals surface area contributed by atoms with Crippen molar-refractivity contribution in [3.05, 3.63) is 193 Å². The zero-order chi connectivity index (χ0) is 106. The van der Waals surface area contributed by atoms with Crippen molar-refractivity contribution in [2.45, 2.75) is 272 Å². The van der Waals surface area contributed by atoms with Gasteiger partial charge in [0.1, 0.15) is 108 Å². The van der Waals surface area contributed by atoms with Crippen LogP contribution in [0.4, 0.5) is 11.6 Å². The van der Waals surface area contributed by atoms with E-state index in [0.29, 0.717) is 11.4 Å². The van der Waals surface area contributed by atoms with Gasteiger partial charge in [-0.1, -0.05) is 170 Å². The van der Waals surface area contributed by atoms with E-state index in [1.807, 2.05) is 0 Å². The first kappa shape index (κ1) is 133. The molecule has 0 amide bonds. The third-order valence-corrected chi connectivity index (χ3v) is 27.0. The van der Waals surface area contributed by atoms with Crippen molar-refractivity contribution in [3.8, 4) is 17.2 Å². The zero-order valence-corrected chi connectivity index (χ0v) is 88.2. The molecule has 3 unspecified atom stereocenters. The van der Waals surface area contributed by atoms with Gasteiger partial charge in [-0.25, -0.2) is 32.9 Å². The highest BCUT2D eigenvalue weighted by molar-refractivity contribution is 7.52. The summed E-state index contributed by atoms with van der Waals surface area (Å²) in [6, 6.07) is 25.7. The number of carbonyl (C=O) groups excluding carboxylic acids is 4. The number of alkyl halides is 8. The minimum atomic E-state index is -4.25. The number of ether oxygens (including phenoxy) is 8. The SMILES string of the molecule is C.C.C.CC(C)OC(=O)[C@@H](C)N.CC(C)OC(=O)[C@@H](C)NP(=O)(OC[C@H]1O[C@@H](n2ccc(N)nc2=O)C(Cl)(Cl)[C@@H]1O)Oc1ccccc1.CC(C)OC(=O)[C@@H](C)NP(=O)(OC[C@H]1O[C@@H](n2ccc(N)nc2=O)C(Cl)(Cl)[C@@H]1O)Oc1ccccc1.C[C@@H](N)C(=O)O.Cc1ccn([C@@H]2O[C@H](CO)[C@@H](O)C2(Cl)Cl)c(=O)n1.Cc1ccn([C@@H]2O[C@H](COP(=O)(N[C@H](C)C(=O)OC(C)C)Oc3ccccc3)[C@@H](O)C2(Cl)Cl)c(=O)n1.Cl. The Morgan fingerprint density at radius 1 is 0.393 bits per heavy atom. The van der Waals surface area contributed by atoms with Crippen LogP contribution in [0.25, 0.3) is 0 Å². The lowest BCUT2D eigenvalue weighted by atomic mass is 10.2. The predicted octanol–water partition coefficient (Wildman–Crippen LogP) is 9.91. The normalized spacial score (nSPS) is 22.9. The average Bonchev–Trinajstić information content (AvgIpc) is 1.62. The number of carbonyl (C=O) groups is 5. The van der Waals surface area contributed by atoms with E-state index in [4.69, 9.17) is 191 Å². The van der Waals surface area contributed by atoms with Crippen LogP contribution in [0.1, 0.15) is 149 Å². The predicted molar refractivity (Wildman–Crippen MR) is 544 cm³/mol. The molecule has 0 saturated carbocycles. The number of carboxylic acids is 1. The number of nitrogens with two attached hydrogens (primary N) is 4. The summed E-state index contributed by atoms with van der Waals surface area (Å²) in [5.74, 6) is -2.82. The monoisotopic (exact) mass is 2290 g/mol. The Kier molecular flexibility index (Phi) is 54.3. The number of aromatic nitrogens is 8. The second kappa shape index (κ2) is 59.1. The number of nitrogens with one attached hydrogen (secondary N) is 3. The maximum atomic E-state index is 13.6. The van der Waals surface area contributed by atoms with E-state index in [2.05, 4.69) is 35.2 Å². The second-order valence-corrected chi connectivity index (χ2v) is 43.2. The molecule has 4 fully saturated rings. The molecule has 7 aromatic rings. The van der Waals surface area contributed by atoms with E-state index < -0.39 is 236 Å². The summed E-state index contributed by atoms with van der Waals surface area (Å²) in [6.45, 7) is 22.2. The molecular weight excluding hydrogens is 2170 g/mol. The van der Waals surface area contributed by atoms with Gasteiger partial charge in [-0.2, -0.15) is 35.2 Å². The van der Waals surface area contributed by atoms with Gasteiger partial charge >= 0.3 is 75.8 Å². The number of rotatable bonds is 35. The van der Waals surface area contributed by atoms with Gasteiger partial charge in [-0.3, -0.25) is 55.8 Å². The average molecular weight is 2300 g/mol. The summed E-state index contributed by atoms with van der Waals surface area (Å²) in [7, 11) is -12.7. The number of nitrogen functional groups attached to an aromatic ring is 2. The van der Waals surface area contributed by atoms with E-state index >= 15 is 0 Å². The molecule has 0 radical (unpaired) electrons. The number of aliphatic hydroxyl groups excluding tert-OH is 5. The van der Waals surface area contributed by atoms with E-state index in [9.17, 15) is 77.3 Å². The van der Waals surface area contributed by atoms with Gasteiger partial charge in [0.2, 0.25) is 0 Å². The lowest BCUT2D eigenvalue weighted by molar-refractivity contribution is -0.150. The Labute approximate surface area is 882 Å². The topological polar surface area (TPSA) is 667 Å². The first-order chi connectivity index (χ1) is 65.5. The molecule has 3 aromatic carbocycles. The van der Waals surface area contributed by atoms with Crippen molar-refractivity contribution >= 4 is 170 Å². The van der Waals surface area contributed by atoms with E-state index in [0.717, 1.165) is 18.3 Å². The zero-order valence-electron chi connectivity index (χ0n) is 78.7. The maximum Gasteiger partial charge on any atom is 0.459 e. The van der Waals surface area contributed by atoms with E-state index in [1.165, 1.54) is 88.9 Å². The van der Waals surface area contributed by atoms with Gasteiger partial charge in [0.05, 0.1) is 50.8 Å². The number of carboxylic acid groups (broad SMARTS) is 1. The van der Waals surface area contributed by atoms with Crippen LogP contribution < -0.4 is 74.5 Å². The Hall–Kier alpha value is -7.85. The van der Waals surface area contributed by atoms with Crippen LogP contribution in [-0.2, 0) is 89.1 Å². The van der Waals surface area contributed by atoms with E-state index in [-0.39, 0.29) is 75.6 Å². The van der Waals surface area contributed by atoms with Crippen molar-refractivity contribution in [3.63, 3.8) is 0 Å².